The van der Waals surface area contributed by atoms with Crippen molar-refractivity contribution in [2.75, 3.05) is 6.54 Å². The van der Waals surface area contributed by atoms with Gasteiger partial charge in [-0.3, -0.25) is 0 Å². The van der Waals surface area contributed by atoms with Gasteiger partial charge in [0.2, 0.25) is 0 Å². The highest BCUT2D eigenvalue weighted by atomic mass is 15.0. The van der Waals surface area contributed by atoms with Crippen molar-refractivity contribution >= 4 is 0 Å². The Hall–Kier alpha value is -0.860. The minimum absolute atomic E-state index is 0.0835. The molecule has 17 heavy (non-hydrogen) atoms. The molecule has 0 aliphatic rings. The first-order valence-corrected chi connectivity index (χ1v) is 6.73. The van der Waals surface area contributed by atoms with Crippen LogP contribution in [-0.2, 0) is 0 Å². The van der Waals surface area contributed by atoms with Crippen LogP contribution in [0.3, 0.4) is 0 Å². The number of rotatable bonds is 7. The van der Waals surface area contributed by atoms with Gasteiger partial charge in [-0.15, -0.1) is 0 Å². The van der Waals surface area contributed by atoms with Crippen molar-refractivity contribution < 1.29 is 0 Å². The average Bonchev–Trinajstić information content (AvgIpc) is 2.41. The summed E-state index contributed by atoms with van der Waals surface area (Å²) in [6, 6.07) is 10.4. The van der Waals surface area contributed by atoms with Gasteiger partial charge in [0.1, 0.15) is 0 Å². The zero-order valence-electron chi connectivity index (χ0n) is 11.4. The highest BCUT2D eigenvalue weighted by molar-refractivity contribution is 5.18. The van der Waals surface area contributed by atoms with Gasteiger partial charge in [0.15, 0.2) is 0 Å². The van der Waals surface area contributed by atoms with E-state index >= 15 is 0 Å². The molecule has 0 aromatic heterocycles. The van der Waals surface area contributed by atoms with E-state index in [0.717, 1.165) is 25.8 Å². The van der Waals surface area contributed by atoms with Crippen LogP contribution in [0.5, 0.6) is 0 Å². The molecule has 0 aliphatic carbocycles. The highest BCUT2D eigenvalue weighted by Crippen LogP contribution is 2.20. The summed E-state index contributed by atoms with van der Waals surface area (Å²) < 4.78 is 0. The van der Waals surface area contributed by atoms with Crippen molar-refractivity contribution in [1.29, 1.82) is 0 Å². The summed E-state index contributed by atoms with van der Waals surface area (Å²) >= 11 is 0. The van der Waals surface area contributed by atoms with Gasteiger partial charge in [-0.05, 0) is 24.8 Å². The predicted octanol–water partition coefficient (Wildman–Crippen LogP) is 3.24. The first-order valence-electron chi connectivity index (χ1n) is 6.73. The molecule has 0 bridgehead atoms. The number of benzene rings is 1. The molecule has 0 fully saturated rings. The number of nitrogens with one attached hydrogen (secondary N) is 1. The smallest absolute Gasteiger partial charge is 0.0421 e. The van der Waals surface area contributed by atoms with Crippen molar-refractivity contribution in [1.82, 2.24) is 5.32 Å². The molecule has 3 N–H and O–H groups in total. The standard InChI is InChI=1S/C15H26N2/c1-4-15(5-2,6-3)17-12-14(16)13-10-8-7-9-11-13/h7-11,14,17H,4-6,12,16H2,1-3H3. The Morgan fingerprint density at radius 2 is 1.59 bits per heavy atom. The van der Waals surface area contributed by atoms with Crippen molar-refractivity contribution in [3.05, 3.63) is 35.9 Å². The third-order valence-electron chi connectivity index (χ3n) is 3.96. The molecule has 2 nitrogen and oxygen atoms in total. The van der Waals surface area contributed by atoms with Gasteiger partial charge >= 0.3 is 0 Å². The van der Waals surface area contributed by atoms with E-state index in [1.54, 1.807) is 0 Å². The Morgan fingerprint density at radius 3 is 2.06 bits per heavy atom. The van der Waals surface area contributed by atoms with Crippen LogP contribution >= 0.6 is 0 Å². The zero-order chi connectivity index (χ0) is 12.7. The lowest BCUT2D eigenvalue weighted by Gasteiger charge is -2.33. The van der Waals surface area contributed by atoms with E-state index in [4.69, 9.17) is 5.73 Å². The Morgan fingerprint density at radius 1 is 1.06 bits per heavy atom. The first-order chi connectivity index (χ1) is 8.17. The molecule has 2 heteroatoms. The second kappa shape index (κ2) is 6.77. The Bertz CT molecular complexity index is 296. The van der Waals surface area contributed by atoms with Crippen LogP contribution in [0.4, 0.5) is 0 Å². The van der Waals surface area contributed by atoms with E-state index < -0.39 is 0 Å². The SMILES string of the molecule is CCC(CC)(CC)NCC(N)c1ccccc1. The molecule has 0 saturated carbocycles. The van der Waals surface area contributed by atoms with Crippen LogP contribution in [0.25, 0.3) is 0 Å². The molecular formula is C15H26N2. The van der Waals surface area contributed by atoms with Crippen LogP contribution < -0.4 is 11.1 Å². The van der Waals surface area contributed by atoms with E-state index in [9.17, 15) is 0 Å². The second-order valence-electron chi connectivity index (χ2n) is 4.74. The summed E-state index contributed by atoms with van der Waals surface area (Å²) in [4.78, 5) is 0. The van der Waals surface area contributed by atoms with Crippen LogP contribution in [-0.4, -0.2) is 12.1 Å². The van der Waals surface area contributed by atoms with Crippen LogP contribution in [0.1, 0.15) is 51.6 Å². The molecule has 0 amide bonds. The average molecular weight is 234 g/mol. The third-order valence-corrected chi connectivity index (χ3v) is 3.96. The monoisotopic (exact) mass is 234 g/mol. The minimum Gasteiger partial charge on any atom is -0.323 e. The summed E-state index contributed by atoms with van der Waals surface area (Å²) in [6.07, 6.45) is 3.46. The maximum absolute atomic E-state index is 6.20. The molecule has 96 valence electrons. The number of nitrogens with two attached hydrogens (primary N) is 1. The Balaban J connectivity index is 2.55. The summed E-state index contributed by atoms with van der Waals surface area (Å²) in [7, 11) is 0. The molecular weight excluding hydrogens is 208 g/mol. The lowest BCUT2D eigenvalue weighted by Crippen LogP contribution is -2.46. The van der Waals surface area contributed by atoms with Gasteiger partial charge < -0.3 is 11.1 Å². The Labute approximate surface area is 106 Å². The first kappa shape index (κ1) is 14.2. The van der Waals surface area contributed by atoms with Gasteiger partial charge in [-0.1, -0.05) is 51.1 Å². The quantitative estimate of drug-likeness (QED) is 0.760. The minimum atomic E-state index is 0.0835. The maximum Gasteiger partial charge on any atom is 0.0421 e. The van der Waals surface area contributed by atoms with E-state index in [2.05, 4.69) is 38.2 Å². The van der Waals surface area contributed by atoms with Gasteiger partial charge in [0.25, 0.3) is 0 Å². The molecule has 0 heterocycles. The molecule has 1 rings (SSSR count). The third kappa shape index (κ3) is 3.83. The largest absolute Gasteiger partial charge is 0.323 e. The zero-order valence-corrected chi connectivity index (χ0v) is 11.4. The molecule has 1 atom stereocenters. The molecule has 0 aliphatic heterocycles. The predicted molar refractivity (Wildman–Crippen MR) is 75.0 cm³/mol. The van der Waals surface area contributed by atoms with Crippen molar-refractivity contribution in [2.45, 2.75) is 51.6 Å². The lowest BCUT2D eigenvalue weighted by atomic mass is 9.89. The topological polar surface area (TPSA) is 38.0 Å². The van der Waals surface area contributed by atoms with E-state index in [0.29, 0.717) is 0 Å². The fraction of sp³-hybridized carbons (Fsp3) is 0.600. The second-order valence-corrected chi connectivity index (χ2v) is 4.74. The van der Waals surface area contributed by atoms with Crippen molar-refractivity contribution in [3.8, 4) is 0 Å². The fourth-order valence-corrected chi connectivity index (χ4v) is 2.27. The van der Waals surface area contributed by atoms with Gasteiger partial charge in [-0.25, -0.2) is 0 Å². The maximum atomic E-state index is 6.20. The summed E-state index contributed by atoms with van der Waals surface area (Å²) in [6.45, 7) is 7.58. The molecule has 0 radical (unpaired) electrons. The number of hydrogen-bond donors (Lipinski definition) is 2. The normalized spacial score (nSPS) is 13.6. The van der Waals surface area contributed by atoms with Gasteiger partial charge in [0, 0.05) is 18.1 Å². The summed E-state index contributed by atoms with van der Waals surface area (Å²) in [5.41, 5.74) is 7.67. The molecule has 1 unspecified atom stereocenters. The van der Waals surface area contributed by atoms with Crippen molar-refractivity contribution in [3.63, 3.8) is 0 Å². The van der Waals surface area contributed by atoms with Crippen LogP contribution in [0, 0.1) is 0 Å². The molecule has 1 aromatic rings. The molecule has 0 saturated heterocycles. The van der Waals surface area contributed by atoms with Crippen LogP contribution in [0.15, 0.2) is 30.3 Å². The number of hydrogen-bond acceptors (Lipinski definition) is 2. The molecule has 0 spiro atoms. The van der Waals surface area contributed by atoms with Gasteiger partial charge in [-0.2, -0.15) is 0 Å². The lowest BCUT2D eigenvalue weighted by molar-refractivity contribution is 0.284. The van der Waals surface area contributed by atoms with E-state index in [-0.39, 0.29) is 11.6 Å². The highest BCUT2D eigenvalue weighted by Gasteiger charge is 2.23. The van der Waals surface area contributed by atoms with Crippen molar-refractivity contribution in [2.24, 2.45) is 5.73 Å². The van der Waals surface area contributed by atoms with E-state index in [1.165, 1.54) is 5.56 Å². The summed E-state index contributed by atoms with van der Waals surface area (Å²) in [5.74, 6) is 0. The fourth-order valence-electron chi connectivity index (χ4n) is 2.27. The van der Waals surface area contributed by atoms with Crippen LogP contribution in [0.2, 0.25) is 0 Å². The summed E-state index contributed by atoms with van der Waals surface area (Å²) in [5, 5.41) is 3.66. The molecule has 1 aromatic carbocycles. The van der Waals surface area contributed by atoms with E-state index in [1.807, 2.05) is 18.2 Å². The van der Waals surface area contributed by atoms with Gasteiger partial charge in [0.05, 0.1) is 0 Å². The Kier molecular flexibility index (Phi) is 5.66.